The van der Waals surface area contributed by atoms with Crippen molar-refractivity contribution in [1.82, 2.24) is 19.3 Å². The molecule has 1 N–H and O–H groups in total. The quantitative estimate of drug-likeness (QED) is 0.477. The Hall–Kier alpha value is -3.36. The summed E-state index contributed by atoms with van der Waals surface area (Å²) in [6.07, 6.45) is 1.87. The Bertz CT molecular complexity index is 1310. The first kappa shape index (κ1) is 21.5. The molecule has 3 heterocycles. The molecular formula is C25H29N5O3. The SMILES string of the molecule is COc1cc2nc(Nc3ccc(C)cc3C)c3c(CN4CCOCC4)ncn3c2cc1OC. The first-order chi connectivity index (χ1) is 16.1. The molecule has 0 unspecified atom stereocenters. The lowest BCUT2D eigenvalue weighted by atomic mass is 10.1. The fourth-order valence-electron chi connectivity index (χ4n) is 4.39. The Morgan fingerprint density at radius 2 is 1.79 bits per heavy atom. The molecule has 0 spiro atoms. The minimum Gasteiger partial charge on any atom is -0.493 e. The summed E-state index contributed by atoms with van der Waals surface area (Å²) in [6.45, 7) is 8.22. The van der Waals surface area contributed by atoms with E-state index >= 15 is 0 Å². The third-order valence-corrected chi connectivity index (χ3v) is 6.15. The lowest BCUT2D eigenvalue weighted by Gasteiger charge is -2.26. The molecule has 0 amide bonds. The van der Waals surface area contributed by atoms with Crippen LogP contribution in [0.3, 0.4) is 0 Å². The molecule has 0 atom stereocenters. The van der Waals surface area contributed by atoms with Gasteiger partial charge in [0.1, 0.15) is 11.8 Å². The van der Waals surface area contributed by atoms with Crippen LogP contribution in [0, 0.1) is 13.8 Å². The van der Waals surface area contributed by atoms with Gasteiger partial charge in [0.05, 0.1) is 44.2 Å². The minimum atomic E-state index is 0.642. The predicted molar refractivity (Wildman–Crippen MR) is 129 cm³/mol. The minimum absolute atomic E-state index is 0.642. The highest BCUT2D eigenvalue weighted by molar-refractivity contribution is 5.89. The predicted octanol–water partition coefficient (Wildman–Crippen LogP) is 4.09. The van der Waals surface area contributed by atoms with Crippen molar-refractivity contribution >= 4 is 28.1 Å². The van der Waals surface area contributed by atoms with E-state index in [1.807, 2.05) is 18.5 Å². The number of hydrogen-bond donors (Lipinski definition) is 1. The first-order valence-electron chi connectivity index (χ1n) is 11.1. The Balaban J connectivity index is 1.69. The highest BCUT2D eigenvalue weighted by Crippen LogP contribution is 2.35. The van der Waals surface area contributed by atoms with Crippen molar-refractivity contribution in [3.63, 3.8) is 0 Å². The summed E-state index contributed by atoms with van der Waals surface area (Å²) in [5, 5.41) is 3.58. The lowest BCUT2D eigenvalue weighted by molar-refractivity contribution is 0.0339. The maximum atomic E-state index is 5.55. The maximum absolute atomic E-state index is 5.55. The van der Waals surface area contributed by atoms with Gasteiger partial charge in [0.15, 0.2) is 17.3 Å². The van der Waals surface area contributed by atoms with Gasteiger partial charge in [-0.25, -0.2) is 9.97 Å². The summed E-state index contributed by atoms with van der Waals surface area (Å²) >= 11 is 0. The lowest BCUT2D eigenvalue weighted by Crippen LogP contribution is -2.35. The molecule has 172 valence electrons. The number of anilines is 2. The van der Waals surface area contributed by atoms with E-state index in [1.54, 1.807) is 14.2 Å². The van der Waals surface area contributed by atoms with E-state index in [0.717, 1.165) is 72.2 Å². The number of benzene rings is 2. The van der Waals surface area contributed by atoms with Crippen molar-refractivity contribution < 1.29 is 14.2 Å². The van der Waals surface area contributed by atoms with Gasteiger partial charge in [-0.3, -0.25) is 9.30 Å². The fourth-order valence-corrected chi connectivity index (χ4v) is 4.39. The number of methoxy groups -OCH3 is 2. The molecule has 5 rings (SSSR count). The Kier molecular flexibility index (Phi) is 5.78. The zero-order valence-corrected chi connectivity index (χ0v) is 19.5. The summed E-state index contributed by atoms with van der Waals surface area (Å²) in [6, 6.07) is 10.2. The fraction of sp³-hybridized carbons (Fsp3) is 0.360. The maximum Gasteiger partial charge on any atom is 0.163 e. The van der Waals surface area contributed by atoms with Gasteiger partial charge in [-0.15, -0.1) is 0 Å². The third kappa shape index (κ3) is 4.07. The number of morpholine rings is 1. The molecule has 8 heteroatoms. The second-order valence-electron chi connectivity index (χ2n) is 8.40. The van der Waals surface area contributed by atoms with Crippen LogP contribution in [0.25, 0.3) is 16.6 Å². The molecular weight excluding hydrogens is 418 g/mol. The van der Waals surface area contributed by atoms with E-state index in [4.69, 9.17) is 24.2 Å². The zero-order chi connectivity index (χ0) is 22.9. The van der Waals surface area contributed by atoms with E-state index in [-0.39, 0.29) is 0 Å². The number of hydrogen-bond acceptors (Lipinski definition) is 7. The second kappa shape index (κ2) is 8.88. The van der Waals surface area contributed by atoms with Crippen LogP contribution in [0.15, 0.2) is 36.7 Å². The van der Waals surface area contributed by atoms with Gasteiger partial charge in [-0.2, -0.15) is 0 Å². The molecule has 0 bridgehead atoms. The molecule has 1 aliphatic rings. The van der Waals surface area contributed by atoms with Crippen molar-refractivity contribution in [1.29, 1.82) is 0 Å². The number of nitrogens with one attached hydrogen (secondary N) is 1. The summed E-state index contributed by atoms with van der Waals surface area (Å²) < 4.78 is 18.7. The van der Waals surface area contributed by atoms with Crippen LogP contribution in [-0.2, 0) is 11.3 Å². The zero-order valence-electron chi connectivity index (χ0n) is 19.5. The molecule has 4 aromatic rings. The van der Waals surface area contributed by atoms with Crippen LogP contribution in [0.1, 0.15) is 16.8 Å². The van der Waals surface area contributed by atoms with Crippen molar-refractivity contribution in [3.8, 4) is 11.5 Å². The monoisotopic (exact) mass is 447 g/mol. The molecule has 1 saturated heterocycles. The summed E-state index contributed by atoms with van der Waals surface area (Å²) in [5.41, 5.74) is 7.06. The molecule has 0 aliphatic carbocycles. The normalized spacial score (nSPS) is 14.7. The van der Waals surface area contributed by atoms with Crippen LogP contribution in [0.5, 0.6) is 11.5 Å². The van der Waals surface area contributed by atoms with Crippen molar-refractivity contribution in [2.75, 3.05) is 45.8 Å². The highest BCUT2D eigenvalue weighted by atomic mass is 16.5. The average molecular weight is 448 g/mol. The number of fused-ring (bicyclic) bond motifs is 3. The third-order valence-electron chi connectivity index (χ3n) is 6.15. The van der Waals surface area contributed by atoms with Gasteiger partial charge in [-0.1, -0.05) is 17.7 Å². The first-order valence-corrected chi connectivity index (χ1v) is 11.1. The molecule has 2 aromatic carbocycles. The van der Waals surface area contributed by atoms with Gasteiger partial charge in [-0.05, 0) is 25.5 Å². The second-order valence-corrected chi connectivity index (χ2v) is 8.40. The summed E-state index contributed by atoms with van der Waals surface area (Å²) in [4.78, 5) is 12.2. The summed E-state index contributed by atoms with van der Waals surface area (Å²) in [7, 11) is 3.27. The Morgan fingerprint density at radius 1 is 1.03 bits per heavy atom. The number of ether oxygens (including phenoxy) is 3. The van der Waals surface area contributed by atoms with E-state index in [9.17, 15) is 0 Å². The number of aromatic nitrogens is 3. The number of nitrogens with zero attached hydrogens (tertiary/aromatic N) is 4. The van der Waals surface area contributed by atoms with Crippen LogP contribution in [0.4, 0.5) is 11.5 Å². The highest BCUT2D eigenvalue weighted by Gasteiger charge is 2.20. The van der Waals surface area contributed by atoms with Crippen LogP contribution >= 0.6 is 0 Å². The van der Waals surface area contributed by atoms with E-state index < -0.39 is 0 Å². The summed E-state index contributed by atoms with van der Waals surface area (Å²) in [5.74, 6) is 2.07. The van der Waals surface area contributed by atoms with Crippen LogP contribution in [0.2, 0.25) is 0 Å². The molecule has 1 fully saturated rings. The standard InChI is InChI=1S/C25H29N5O3/c1-16-5-6-18(17(2)11-16)27-25-24-20(14-29-7-9-33-10-8-29)26-15-30(24)21-13-23(32-4)22(31-3)12-19(21)28-25/h5-6,11-13,15H,7-10,14H2,1-4H3,(H,27,28). The number of aryl methyl sites for hydroxylation is 2. The topological polar surface area (TPSA) is 73.2 Å². The van der Waals surface area contributed by atoms with Gasteiger partial charge in [0.2, 0.25) is 0 Å². The van der Waals surface area contributed by atoms with Crippen LogP contribution in [-0.4, -0.2) is 59.8 Å². The Morgan fingerprint density at radius 3 is 2.52 bits per heavy atom. The molecule has 0 radical (unpaired) electrons. The van der Waals surface area contributed by atoms with E-state index in [2.05, 4.69) is 46.7 Å². The van der Waals surface area contributed by atoms with Gasteiger partial charge >= 0.3 is 0 Å². The number of imidazole rings is 1. The largest absolute Gasteiger partial charge is 0.493 e. The Labute approximate surface area is 193 Å². The molecule has 1 aliphatic heterocycles. The van der Waals surface area contributed by atoms with E-state index in [1.165, 1.54) is 5.56 Å². The molecule has 0 saturated carbocycles. The number of rotatable bonds is 6. The molecule has 2 aromatic heterocycles. The van der Waals surface area contributed by atoms with Crippen LogP contribution < -0.4 is 14.8 Å². The van der Waals surface area contributed by atoms with E-state index in [0.29, 0.717) is 11.5 Å². The van der Waals surface area contributed by atoms with Crippen molar-refractivity contribution in [3.05, 3.63) is 53.5 Å². The molecule has 8 nitrogen and oxygen atoms in total. The van der Waals surface area contributed by atoms with Gasteiger partial charge < -0.3 is 19.5 Å². The van der Waals surface area contributed by atoms with Gasteiger partial charge in [0.25, 0.3) is 0 Å². The smallest absolute Gasteiger partial charge is 0.163 e. The average Bonchev–Trinajstić information content (AvgIpc) is 3.24. The van der Waals surface area contributed by atoms with Crippen molar-refractivity contribution in [2.24, 2.45) is 0 Å². The van der Waals surface area contributed by atoms with Gasteiger partial charge in [0, 0.05) is 37.5 Å². The molecule has 33 heavy (non-hydrogen) atoms. The van der Waals surface area contributed by atoms with Crippen molar-refractivity contribution in [2.45, 2.75) is 20.4 Å².